The molecular formula is C14H16F2N2O. The lowest BCUT2D eigenvalue weighted by molar-refractivity contribution is 0.0780. The highest BCUT2D eigenvalue weighted by molar-refractivity contribution is 5.94. The molecule has 0 unspecified atom stereocenters. The number of benzene rings is 1. The smallest absolute Gasteiger partial charge is 0.256 e. The van der Waals surface area contributed by atoms with E-state index in [0.717, 1.165) is 37.6 Å². The third-order valence-corrected chi connectivity index (χ3v) is 4.05. The number of piperidine rings is 1. The molecule has 0 radical (unpaired) electrons. The Morgan fingerprint density at radius 2 is 2.16 bits per heavy atom. The number of hydrogen-bond acceptors (Lipinski definition) is 2. The molecule has 2 heterocycles. The van der Waals surface area contributed by atoms with Crippen LogP contribution in [0.5, 0.6) is 0 Å². The summed E-state index contributed by atoms with van der Waals surface area (Å²) in [6.45, 7) is 2.18. The SMILES string of the molecule is O=C(c1cc(F)ccc1F)N1C[C@@H]2CCCN[C@@H]2C1. The number of hydrogen-bond donors (Lipinski definition) is 1. The number of amides is 1. The molecule has 2 aliphatic rings. The minimum absolute atomic E-state index is 0.168. The number of nitrogens with zero attached hydrogens (tertiary/aromatic N) is 1. The molecule has 5 heteroatoms. The van der Waals surface area contributed by atoms with E-state index < -0.39 is 17.5 Å². The Morgan fingerprint density at radius 1 is 1.32 bits per heavy atom. The zero-order valence-electron chi connectivity index (χ0n) is 10.5. The summed E-state index contributed by atoms with van der Waals surface area (Å²) in [4.78, 5) is 13.9. The molecule has 2 fully saturated rings. The second kappa shape index (κ2) is 4.89. The zero-order valence-corrected chi connectivity index (χ0v) is 10.5. The summed E-state index contributed by atoms with van der Waals surface area (Å²) in [6, 6.07) is 3.31. The number of rotatable bonds is 1. The Hall–Kier alpha value is -1.49. The molecule has 1 N–H and O–H groups in total. The first-order valence-corrected chi connectivity index (χ1v) is 6.63. The summed E-state index contributed by atoms with van der Waals surface area (Å²) < 4.78 is 26.8. The van der Waals surface area contributed by atoms with Crippen LogP contribution in [0.15, 0.2) is 18.2 Å². The zero-order chi connectivity index (χ0) is 13.4. The Balaban J connectivity index is 1.79. The number of carbonyl (C=O) groups is 1. The van der Waals surface area contributed by atoms with Gasteiger partial charge >= 0.3 is 0 Å². The van der Waals surface area contributed by atoms with Gasteiger partial charge in [0.15, 0.2) is 0 Å². The molecule has 2 atom stereocenters. The molecule has 0 aromatic heterocycles. The van der Waals surface area contributed by atoms with Crippen molar-refractivity contribution >= 4 is 5.91 Å². The van der Waals surface area contributed by atoms with Crippen molar-refractivity contribution in [2.24, 2.45) is 5.92 Å². The number of carbonyl (C=O) groups excluding carboxylic acids is 1. The molecule has 1 amide bonds. The molecule has 2 saturated heterocycles. The predicted molar refractivity (Wildman–Crippen MR) is 66.8 cm³/mol. The normalized spacial score (nSPS) is 26.3. The molecule has 1 aromatic rings. The van der Waals surface area contributed by atoms with Gasteiger partial charge in [-0.05, 0) is 43.5 Å². The molecule has 0 saturated carbocycles. The fourth-order valence-electron chi connectivity index (χ4n) is 3.04. The lowest BCUT2D eigenvalue weighted by atomic mass is 9.94. The quantitative estimate of drug-likeness (QED) is 0.840. The molecule has 0 spiro atoms. The van der Waals surface area contributed by atoms with Crippen LogP contribution in [-0.4, -0.2) is 36.5 Å². The number of nitrogens with one attached hydrogen (secondary N) is 1. The minimum Gasteiger partial charge on any atom is -0.337 e. The van der Waals surface area contributed by atoms with Gasteiger partial charge in [-0.15, -0.1) is 0 Å². The van der Waals surface area contributed by atoms with E-state index in [-0.39, 0.29) is 5.56 Å². The maximum absolute atomic E-state index is 13.6. The first kappa shape index (κ1) is 12.5. The predicted octanol–water partition coefficient (Wildman–Crippen LogP) is 1.79. The second-order valence-electron chi connectivity index (χ2n) is 5.30. The van der Waals surface area contributed by atoms with E-state index in [1.54, 1.807) is 4.90 Å². The third kappa shape index (κ3) is 2.34. The van der Waals surface area contributed by atoms with Crippen LogP contribution in [0.4, 0.5) is 8.78 Å². The van der Waals surface area contributed by atoms with E-state index in [0.29, 0.717) is 25.0 Å². The number of fused-ring (bicyclic) bond motifs is 1. The van der Waals surface area contributed by atoms with Crippen LogP contribution < -0.4 is 5.32 Å². The highest BCUT2D eigenvalue weighted by atomic mass is 19.1. The standard InChI is InChI=1S/C14H16F2N2O/c15-10-3-4-12(16)11(6-10)14(19)18-7-9-2-1-5-17-13(9)8-18/h3-4,6,9,13,17H,1-2,5,7-8H2/t9-,13+/m0/s1. The lowest BCUT2D eigenvalue weighted by Crippen LogP contribution is -2.41. The average molecular weight is 266 g/mol. The van der Waals surface area contributed by atoms with Crippen LogP contribution in [0.25, 0.3) is 0 Å². The highest BCUT2D eigenvalue weighted by Gasteiger charge is 2.37. The second-order valence-corrected chi connectivity index (χ2v) is 5.30. The van der Waals surface area contributed by atoms with Crippen molar-refractivity contribution < 1.29 is 13.6 Å². The summed E-state index contributed by atoms with van der Waals surface area (Å²) in [6.07, 6.45) is 2.20. The average Bonchev–Trinajstić information content (AvgIpc) is 2.84. The summed E-state index contributed by atoms with van der Waals surface area (Å²) in [5.74, 6) is -1.21. The third-order valence-electron chi connectivity index (χ3n) is 4.05. The molecule has 3 nitrogen and oxygen atoms in total. The molecule has 0 bridgehead atoms. The fourth-order valence-corrected chi connectivity index (χ4v) is 3.04. The van der Waals surface area contributed by atoms with Crippen molar-refractivity contribution in [1.29, 1.82) is 0 Å². The van der Waals surface area contributed by atoms with Crippen LogP contribution >= 0.6 is 0 Å². The van der Waals surface area contributed by atoms with E-state index in [1.807, 2.05) is 0 Å². The van der Waals surface area contributed by atoms with Gasteiger partial charge in [-0.3, -0.25) is 4.79 Å². The van der Waals surface area contributed by atoms with Crippen molar-refractivity contribution in [3.63, 3.8) is 0 Å². The van der Waals surface area contributed by atoms with Gasteiger partial charge in [0.25, 0.3) is 5.91 Å². The van der Waals surface area contributed by atoms with Gasteiger partial charge < -0.3 is 10.2 Å². The van der Waals surface area contributed by atoms with Gasteiger partial charge in [0.1, 0.15) is 11.6 Å². The fraction of sp³-hybridized carbons (Fsp3) is 0.500. The van der Waals surface area contributed by atoms with Crippen molar-refractivity contribution in [2.45, 2.75) is 18.9 Å². The van der Waals surface area contributed by atoms with Crippen molar-refractivity contribution in [1.82, 2.24) is 10.2 Å². The summed E-state index contributed by atoms with van der Waals surface area (Å²) in [7, 11) is 0. The number of likely N-dealkylation sites (tertiary alicyclic amines) is 1. The molecular weight excluding hydrogens is 250 g/mol. The summed E-state index contributed by atoms with van der Waals surface area (Å²) in [5, 5.41) is 3.38. The van der Waals surface area contributed by atoms with E-state index >= 15 is 0 Å². The van der Waals surface area contributed by atoms with Crippen molar-refractivity contribution in [3.05, 3.63) is 35.4 Å². The molecule has 3 rings (SSSR count). The minimum atomic E-state index is -0.658. The van der Waals surface area contributed by atoms with E-state index in [2.05, 4.69) is 5.32 Å². The van der Waals surface area contributed by atoms with Gasteiger partial charge in [0, 0.05) is 19.1 Å². The van der Waals surface area contributed by atoms with Crippen molar-refractivity contribution in [2.75, 3.05) is 19.6 Å². The molecule has 102 valence electrons. The maximum Gasteiger partial charge on any atom is 0.256 e. The van der Waals surface area contributed by atoms with Gasteiger partial charge in [0.2, 0.25) is 0 Å². The largest absolute Gasteiger partial charge is 0.337 e. The molecule has 2 aliphatic heterocycles. The molecule has 19 heavy (non-hydrogen) atoms. The Morgan fingerprint density at radius 3 is 2.95 bits per heavy atom. The molecule has 0 aliphatic carbocycles. The Labute approximate surface area is 110 Å². The van der Waals surface area contributed by atoms with Crippen molar-refractivity contribution in [3.8, 4) is 0 Å². The van der Waals surface area contributed by atoms with E-state index in [9.17, 15) is 13.6 Å². The monoisotopic (exact) mass is 266 g/mol. The summed E-state index contributed by atoms with van der Waals surface area (Å²) in [5.41, 5.74) is -0.168. The van der Waals surface area contributed by atoms with Crippen LogP contribution in [0.1, 0.15) is 23.2 Å². The van der Waals surface area contributed by atoms with Gasteiger partial charge in [-0.1, -0.05) is 0 Å². The van der Waals surface area contributed by atoms with E-state index in [1.165, 1.54) is 0 Å². The maximum atomic E-state index is 13.6. The number of halogens is 2. The molecule has 1 aromatic carbocycles. The van der Waals surface area contributed by atoms with Gasteiger partial charge in [0.05, 0.1) is 5.56 Å². The first-order valence-electron chi connectivity index (χ1n) is 6.63. The first-order chi connectivity index (χ1) is 9.15. The van der Waals surface area contributed by atoms with Gasteiger partial charge in [-0.2, -0.15) is 0 Å². The van der Waals surface area contributed by atoms with Gasteiger partial charge in [-0.25, -0.2) is 8.78 Å². The Kier molecular flexibility index (Phi) is 3.22. The van der Waals surface area contributed by atoms with Crippen LogP contribution in [0.2, 0.25) is 0 Å². The lowest BCUT2D eigenvalue weighted by Gasteiger charge is -2.24. The topological polar surface area (TPSA) is 32.3 Å². The highest BCUT2D eigenvalue weighted by Crippen LogP contribution is 2.26. The Bertz CT molecular complexity index is 492. The van der Waals surface area contributed by atoms with Crippen LogP contribution in [0, 0.1) is 17.6 Å². The summed E-state index contributed by atoms with van der Waals surface area (Å²) >= 11 is 0. The van der Waals surface area contributed by atoms with Crippen LogP contribution in [-0.2, 0) is 0 Å². The van der Waals surface area contributed by atoms with E-state index in [4.69, 9.17) is 0 Å². The van der Waals surface area contributed by atoms with Crippen LogP contribution in [0.3, 0.4) is 0 Å².